The van der Waals surface area contributed by atoms with Gasteiger partial charge in [-0.1, -0.05) is 170 Å². The Morgan fingerprint density at radius 1 is 0.537 bits per heavy atom. The third-order valence-corrected chi connectivity index (χ3v) is 26.2. The van der Waals surface area contributed by atoms with E-state index in [-0.39, 0.29) is 134 Å². The van der Waals surface area contributed by atoms with E-state index in [2.05, 4.69) is 40.1 Å². The van der Waals surface area contributed by atoms with Crippen molar-refractivity contribution in [3.05, 3.63) is 88.4 Å². The largest absolute Gasteiger partial charge is 0.480 e. The Kier molecular flexibility index (Phi) is 54.0. The van der Waals surface area contributed by atoms with Crippen molar-refractivity contribution in [2.75, 3.05) is 129 Å². The summed E-state index contributed by atoms with van der Waals surface area (Å²) in [7, 11) is 14.7. The number of nitrogens with zero attached hydrogens (tertiary/aromatic N) is 7. The molecule has 0 spiro atoms. The number of ether oxygens (including phenoxy) is 9. The van der Waals surface area contributed by atoms with Gasteiger partial charge in [0.25, 0.3) is 0 Å². The topological polar surface area (TPSA) is 398 Å². The number of carbonyl (C=O) groups excluding carboxylic acids is 10. The number of thiazole rings is 1. The van der Waals surface area contributed by atoms with Crippen LogP contribution in [0.4, 0.5) is 9.59 Å². The number of Topliss-reactive ketones (excluding diaryl/α,β-unsaturated/α-hetero) is 1. The van der Waals surface area contributed by atoms with E-state index in [1.54, 1.807) is 117 Å². The minimum atomic E-state index is -0.907. The van der Waals surface area contributed by atoms with Crippen molar-refractivity contribution in [1.82, 2.24) is 55.7 Å². The average molecular weight is 1910 g/mol. The maximum Gasteiger partial charge on any atom is 0.407 e. The molecular formula is C100H170N12O21S. The number of benzene rings is 2. The van der Waals surface area contributed by atoms with Crippen molar-refractivity contribution in [2.45, 2.75) is 299 Å². The highest BCUT2D eigenvalue weighted by atomic mass is 32.1. The number of alkyl carbamates (subject to hydrolysis) is 2. The molecule has 2 aliphatic rings. The summed E-state index contributed by atoms with van der Waals surface area (Å²) in [6, 6.07) is 15.1. The summed E-state index contributed by atoms with van der Waals surface area (Å²) in [5.41, 5.74) is 7.10. The standard InChI is InChI=1S/C50H85N5O11.C35H55N5O5S.C15H30N2O5/c1-16-34(6)44(54(12)47(59)37(32(2)3)30-40(56)43(33(4)5)53(11)26-28-65-27-24-51-49(61)66-50(8,9)10)41(62-13)31-42(57)55-25-20-23-39(55)45(63-14)35(7)46(58)52-38(48(60)64-15)29-36-21-18-17-19-22-36;1-9-23(4)31(39(6)35(43)30(36)22(2)3)28(44-7)21-29(41)40-18-13-16-27(40)32(45-8)24(5)33(42)38-26(34-37-17-19-46-34)20-25-14-11-10-12-15-25;1-11(2)12(13(18)19)17(6)8-10-21-9-7-16-14(20)22-15(3,4)5/h17-19,21-22,32-35,37-39,41,43-45H,16,20,23-31H2,1-15H3,(H,51,61)(H,52,58);10-12,14-15,17,19,22-24,26-28,30-32H,9,13,16,18,20-21,36H2,1-8H3,(H,38,42);11-12H,7-10H2,1-6H3,(H,16,20)(H,18,19)/t34-,35+,37-,38-,39-,41+,43-,44-,45+;23-,24+,26-,27-,28+,30-,31-,32+;12-/m000/s1. The summed E-state index contributed by atoms with van der Waals surface area (Å²) >= 11 is 1.51. The number of nitrogens with one attached hydrogen (secondary N) is 4. The number of ketones is 1. The molecule has 0 aliphatic carbocycles. The first kappa shape index (κ1) is 120. The normalized spacial score (nSPS) is 17.7. The fourth-order valence-corrected chi connectivity index (χ4v) is 18.4. The lowest BCUT2D eigenvalue weighted by atomic mass is 9.83. The van der Waals surface area contributed by atoms with E-state index in [4.69, 9.17) is 53.5 Å². The molecule has 0 bridgehead atoms. The third kappa shape index (κ3) is 39.6. The van der Waals surface area contributed by atoms with E-state index >= 15 is 0 Å². The predicted molar refractivity (Wildman–Crippen MR) is 521 cm³/mol. The average Bonchev–Trinajstić information content (AvgIpc) is 1.21. The highest BCUT2D eigenvalue weighted by Crippen LogP contribution is 2.35. The molecule has 134 heavy (non-hydrogen) atoms. The van der Waals surface area contributed by atoms with Crippen LogP contribution in [0.1, 0.15) is 218 Å². The van der Waals surface area contributed by atoms with Crippen molar-refractivity contribution < 1.29 is 100 Å². The third-order valence-electron chi connectivity index (χ3n) is 25.3. The molecule has 2 aliphatic heterocycles. The van der Waals surface area contributed by atoms with Crippen molar-refractivity contribution in [2.24, 2.45) is 59.0 Å². The number of nitrogens with two attached hydrogens (primary N) is 1. The van der Waals surface area contributed by atoms with Gasteiger partial charge in [-0.2, -0.15) is 0 Å². The number of carboxylic acid groups (broad SMARTS) is 1. The van der Waals surface area contributed by atoms with Gasteiger partial charge in [0, 0.05) is 112 Å². The summed E-state index contributed by atoms with van der Waals surface area (Å²) in [4.78, 5) is 160. The van der Waals surface area contributed by atoms with Crippen LogP contribution < -0.4 is 27.0 Å². The molecule has 7 N–H and O–H groups in total. The maximum absolute atomic E-state index is 14.6. The Morgan fingerprint density at radius 2 is 0.955 bits per heavy atom. The van der Waals surface area contributed by atoms with E-state index in [0.717, 1.165) is 35.4 Å². The van der Waals surface area contributed by atoms with Gasteiger partial charge >= 0.3 is 24.1 Å². The van der Waals surface area contributed by atoms with E-state index in [9.17, 15) is 52.7 Å². The summed E-state index contributed by atoms with van der Waals surface area (Å²) in [5, 5.41) is 23.3. The van der Waals surface area contributed by atoms with Gasteiger partial charge in [-0.25, -0.2) is 19.4 Å². The molecule has 3 aromatic rings. The fraction of sp³-hybridized carbons (Fsp3) is 0.740. The minimum Gasteiger partial charge on any atom is -0.480 e. The molecule has 18 atom stereocenters. The second kappa shape index (κ2) is 60.4. The van der Waals surface area contributed by atoms with Crippen molar-refractivity contribution >= 4 is 76.7 Å². The number of methoxy groups -OCH3 is 5. The van der Waals surface area contributed by atoms with E-state index in [0.29, 0.717) is 78.2 Å². The van der Waals surface area contributed by atoms with Crippen LogP contribution in [0, 0.1) is 53.3 Å². The zero-order valence-corrected chi connectivity index (χ0v) is 87.0. The molecule has 5 rings (SSSR count). The maximum atomic E-state index is 14.6. The van der Waals surface area contributed by atoms with Crippen molar-refractivity contribution in [3.63, 3.8) is 0 Å². The quantitative estimate of drug-likeness (QED) is 0.0174. The molecule has 2 aromatic carbocycles. The number of hydrogen-bond donors (Lipinski definition) is 6. The van der Waals surface area contributed by atoms with E-state index in [1.807, 2.05) is 159 Å². The predicted octanol–water partition coefficient (Wildman–Crippen LogP) is 11.6. The van der Waals surface area contributed by atoms with Crippen molar-refractivity contribution in [3.8, 4) is 0 Å². The molecule has 2 saturated heterocycles. The van der Waals surface area contributed by atoms with Crippen LogP contribution in [0.3, 0.4) is 0 Å². The molecule has 1 aromatic heterocycles. The first-order chi connectivity index (χ1) is 63.0. The zero-order valence-electron chi connectivity index (χ0n) is 86.2. The van der Waals surface area contributed by atoms with Crippen LogP contribution in [0.2, 0.25) is 0 Å². The SMILES string of the molecule is CC(C)[C@@H](C(=O)O)N(C)CCOCCNC(=O)OC(C)(C)C.CC[C@H](C)[C@@H]([C@@H](CC(=O)N1CCC[C@H]1[C@H](OC)[C@@H](C)C(=O)N[C@@H](Cc1ccccc1)C(=O)OC)OC)N(C)C(=O)[C@@H](CC(=O)[C@H](C(C)C)N(C)CCOCCNC(=O)OC(C)(C)C)C(C)C.CC[C@H](C)[C@@H]([C@@H](CC(=O)N1CCC[C@H]1[C@H](OC)[C@@H](C)C(=O)N[C@@H](Cc1ccccc1)c1nccs1)OC)N(C)C(=O)[C@@H](N)C(C)C. The van der Waals surface area contributed by atoms with E-state index < -0.39 is 114 Å². The Morgan fingerprint density at radius 3 is 1.32 bits per heavy atom. The Balaban J connectivity index is 0.000000584. The highest BCUT2D eigenvalue weighted by molar-refractivity contribution is 7.09. The fourth-order valence-electron chi connectivity index (χ4n) is 17.7. The molecule has 0 radical (unpaired) electrons. The second-order valence-corrected chi connectivity index (χ2v) is 40.0. The number of hydrogen-bond acceptors (Lipinski definition) is 25. The summed E-state index contributed by atoms with van der Waals surface area (Å²) in [6.45, 7) is 42.2. The van der Waals surface area contributed by atoms with Crippen LogP contribution in [-0.2, 0) is 98.6 Å². The molecule has 34 heteroatoms. The molecule has 762 valence electrons. The molecule has 3 heterocycles. The molecule has 2 fully saturated rings. The monoisotopic (exact) mass is 1910 g/mol. The lowest BCUT2D eigenvalue weighted by molar-refractivity contribution is -0.150. The Labute approximate surface area is 804 Å². The molecule has 8 amide bonds. The second-order valence-electron chi connectivity index (χ2n) is 39.1. The van der Waals surface area contributed by atoms with Gasteiger partial charge in [0.2, 0.25) is 35.4 Å². The van der Waals surface area contributed by atoms with Crippen LogP contribution in [0.5, 0.6) is 0 Å². The summed E-state index contributed by atoms with van der Waals surface area (Å²) in [6.07, 6.45) is 3.83. The lowest BCUT2D eigenvalue weighted by Crippen LogP contribution is -2.56. The summed E-state index contributed by atoms with van der Waals surface area (Å²) < 4.78 is 50.5. The summed E-state index contributed by atoms with van der Waals surface area (Å²) in [5.74, 6) is -4.54. The number of esters is 1. The minimum absolute atomic E-state index is 0.0112. The van der Waals surface area contributed by atoms with E-state index in [1.165, 1.54) is 25.6 Å². The number of rotatable bonds is 54. The van der Waals surface area contributed by atoms with Gasteiger partial charge in [0.05, 0.1) is 125 Å². The highest BCUT2D eigenvalue weighted by Gasteiger charge is 2.47. The number of aromatic nitrogens is 1. The Hall–Kier alpha value is -8.32. The van der Waals surface area contributed by atoms with Gasteiger partial charge in [-0.3, -0.25) is 48.2 Å². The number of likely N-dealkylation sites (tertiary alicyclic amines) is 2. The van der Waals surface area contributed by atoms with Gasteiger partial charge in [-0.15, -0.1) is 11.3 Å². The molecule has 0 saturated carbocycles. The van der Waals surface area contributed by atoms with Gasteiger partial charge in [-0.05, 0) is 134 Å². The lowest BCUT2D eigenvalue weighted by Gasteiger charge is -2.41. The van der Waals surface area contributed by atoms with Crippen LogP contribution in [-0.4, -0.2) is 318 Å². The van der Waals surface area contributed by atoms with Gasteiger partial charge in [0.15, 0.2) is 5.78 Å². The molecular weight excluding hydrogens is 1740 g/mol. The molecule has 33 nitrogen and oxygen atoms in total. The zero-order chi connectivity index (χ0) is 101. The van der Waals surface area contributed by atoms with Gasteiger partial charge < -0.3 is 94.3 Å². The first-order valence-corrected chi connectivity index (χ1v) is 48.8. The Bertz CT molecular complexity index is 3970. The van der Waals surface area contributed by atoms with Crippen molar-refractivity contribution in [1.29, 1.82) is 0 Å². The number of carboxylic acids is 1. The number of carbonyl (C=O) groups is 11. The molecule has 0 unspecified atom stereocenters. The van der Waals surface area contributed by atoms with Crippen LogP contribution in [0.25, 0.3) is 0 Å². The van der Waals surface area contributed by atoms with Crippen LogP contribution in [0.15, 0.2) is 72.2 Å². The number of amides is 8. The smallest absolute Gasteiger partial charge is 0.407 e. The first-order valence-electron chi connectivity index (χ1n) is 47.9. The van der Waals surface area contributed by atoms with Gasteiger partial charge in [0.1, 0.15) is 28.3 Å². The van der Waals surface area contributed by atoms with Crippen LogP contribution >= 0.6 is 11.3 Å². The number of aliphatic carboxylic acids is 1. The number of likely N-dealkylation sites (N-methyl/N-ethyl adjacent to an activating group) is 4.